The molecule has 1 aliphatic carbocycles. The number of fused-ring (bicyclic) bond motifs is 2. The average Bonchev–Trinajstić information content (AvgIpc) is 3.08. The van der Waals surface area contributed by atoms with Gasteiger partial charge in [0.05, 0.1) is 26.7 Å². The van der Waals surface area contributed by atoms with Crippen molar-refractivity contribution in [1.29, 1.82) is 0 Å². The van der Waals surface area contributed by atoms with E-state index in [-0.39, 0.29) is 24.0 Å². The van der Waals surface area contributed by atoms with E-state index < -0.39 is 23.2 Å². The molecule has 3 N–H and O–H groups in total. The summed E-state index contributed by atoms with van der Waals surface area (Å²) in [4.78, 5) is 16.5. The van der Waals surface area contributed by atoms with Crippen molar-refractivity contribution in [3.05, 3.63) is 100 Å². The summed E-state index contributed by atoms with van der Waals surface area (Å²) in [7, 11) is 2.26. The van der Waals surface area contributed by atoms with Crippen LogP contribution >= 0.6 is 11.6 Å². The number of hydrogen-bond donors (Lipinski definition) is 2. The number of aromatic nitrogens is 1. The average molecular weight is 690 g/mol. The number of quaternary nitrogens is 1. The van der Waals surface area contributed by atoms with E-state index >= 15 is 0 Å². The predicted octanol–water partition coefficient (Wildman–Crippen LogP) is 2.06. The molecule has 218 valence electrons. The minimum Gasteiger partial charge on any atom is -1.00 e. The van der Waals surface area contributed by atoms with Crippen molar-refractivity contribution in [2.24, 2.45) is 5.73 Å². The molecule has 1 aromatic heterocycles. The number of pyridine rings is 1. The predicted molar refractivity (Wildman–Crippen MR) is 156 cm³/mol. The summed E-state index contributed by atoms with van der Waals surface area (Å²) in [5.41, 5.74) is 7.25. The number of ether oxygens (including phenoxy) is 2. The number of allylic oxidation sites excluding steroid dienone is 4. The molecular formula is C32H37ClIN3O4. The van der Waals surface area contributed by atoms with Gasteiger partial charge >= 0.3 is 0 Å². The maximum absolute atomic E-state index is 12.0. The molecule has 3 heterocycles. The molecule has 7 nitrogen and oxygen atoms in total. The number of piperidine rings is 1. The fourth-order valence-corrected chi connectivity index (χ4v) is 5.60. The van der Waals surface area contributed by atoms with E-state index in [2.05, 4.69) is 24.2 Å². The molecule has 1 unspecified atom stereocenters. The van der Waals surface area contributed by atoms with Crippen LogP contribution in [0.25, 0.3) is 5.57 Å². The smallest absolute Gasteiger partial charge is 0.249 e. The van der Waals surface area contributed by atoms with Crippen LogP contribution in [0, 0.1) is 0 Å². The number of primary amides is 1. The van der Waals surface area contributed by atoms with Gasteiger partial charge in [0.25, 0.3) is 0 Å². The highest BCUT2D eigenvalue weighted by Crippen LogP contribution is 2.38. The Morgan fingerprint density at radius 1 is 1.27 bits per heavy atom. The molecule has 2 aromatic rings. The molecule has 1 atom stereocenters. The quantitative estimate of drug-likeness (QED) is 0.343. The summed E-state index contributed by atoms with van der Waals surface area (Å²) in [6.07, 6.45) is 13.4. The van der Waals surface area contributed by atoms with Crippen LogP contribution in [0.1, 0.15) is 44.2 Å². The number of carbonyl (C=O) groups is 1. The SMILES string of the molecule is CC(C)(OC1C=CC=C2Oc3ncccc3C(=CCC[N+]3(C)CCC(O)(c4ccc(Cl)cc4)CC3)C=C21)C(N)=O.[I-]. The summed E-state index contributed by atoms with van der Waals surface area (Å²) >= 11 is 6.05. The molecule has 2 aliphatic heterocycles. The number of rotatable bonds is 7. The van der Waals surface area contributed by atoms with Gasteiger partial charge in [-0.15, -0.1) is 0 Å². The van der Waals surface area contributed by atoms with Crippen molar-refractivity contribution in [3.63, 3.8) is 0 Å². The van der Waals surface area contributed by atoms with Crippen LogP contribution in [0.15, 0.2) is 84.3 Å². The number of aliphatic hydroxyl groups is 1. The first kappa shape index (κ1) is 31.4. The number of likely N-dealkylation sites (tertiary alicyclic amines) is 1. The zero-order chi connectivity index (χ0) is 28.5. The molecule has 0 spiro atoms. The third kappa shape index (κ3) is 6.94. The lowest BCUT2D eigenvalue weighted by molar-refractivity contribution is -0.916. The first-order valence-corrected chi connectivity index (χ1v) is 14.1. The van der Waals surface area contributed by atoms with Crippen molar-refractivity contribution >= 4 is 23.1 Å². The molecule has 5 rings (SSSR count). The van der Waals surface area contributed by atoms with E-state index in [1.165, 1.54) is 0 Å². The number of nitrogens with two attached hydrogens (primary N) is 1. The molecule has 1 amide bonds. The molecule has 1 fully saturated rings. The number of halogens is 2. The summed E-state index contributed by atoms with van der Waals surface area (Å²) in [6, 6.07) is 11.4. The highest BCUT2D eigenvalue weighted by atomic mass is 127. The van der Waals surface area contributed by atoms with Crippen LogP contribution in [-0.2, 0) is 15.1 Å². The minimum atomic E-state index is -1.15. The van der Waals surface area contributed by atoms with E-state index in [4.69, 9.17) is 26.8 Å². The highest BCUT2D eigenvalue weighted by Gasteiger charge is 2.40. The van der Waals surface area contributed by atoms with Crippen LogP contribution in [0.2, 0.25) is 5.02 Å². The van der Waals surface area contributed by atoms with E-state index in [9.17, 15) is 9.90 Å². The van der Waals surface area contributed by atoms with Crippen molar-refractivity contribution in [2.45, 2.75) is 50.4 Å². The maximum Gasteiger partial charge on any atom is 0.249 e. The molecule has 0 radical (unpaired) electrons. The van der Waals surface area contributed by atoms with Gasteiger partial charge in [-0.25, -0.2) is 4.98 Å². The van der Waals surface area contributed by atoms with Crippen molar-refractivity contribution < 1.29 is 47.8 Å². The second kappa shape index (κ2) is 12.4. The number of benzene rings is 1. The fourth-order valence-electron chi connectivity index (χ4n) is 5.47. The molecule has 0 saturated carbocycles. The Kier molecular flexibility index (Phi) is 9.50. The lowest BCUT2D eigenvalue weighted by Crippen LogP contribution is -3.00. The topological polar surface area (TPSA) is 94.7 Å². The van der Waals surface area contributed by atoms with Gasteiger partial charge in [-0.2, -0.15) is 0 Å². The van der Waals surface area contributed by atoms with Gasteiger partial charge in [0, 0.05) is 41.6 Å². The first-order valence-electron chi connectivity index (χ1n) is 13.7. The van der Waals surface area contributed by atoms with E-state index in [0.29, 0.717) is 29.5 Å². The van der Waals surface area contributed by atoms with Gasteiger partial charge in [-0.1, -0.05) is 42.0 Å². The zero-order valence-corrected chi connectivity index (χ0v) is 26.6. The van der Waals surface area contributed by atoms with Crippen LogP contribution < -0.4 is 34.4 Å². The Morgan fingerprint density at radius 2 is 1.98 bits per heavy atom. The lowest BCUT2D eigenvalue weighted by Gasteiger charge is -2.44. The van der Waals surface area contributed by atoms with Crippen molar-refractivity contribution in [1.82, 2.24) is 4.98 Å². The zero-order valence-electron chi connectivity index (χ0n) is 23.6. The molecular weight excluding hydrogens is 653 g/mol. The molecule has 9 heteroatoms. The van der Waals surface area contributed by atoms with Crippen LogP contribution in [0.4, 0.5) is 0 Å². The molecule has 0 bridgehead atoms. The van der Waals surface area contributed by atoms with Crippen molar-refractivity contribution in [3.8, 4) is 5.88 Å². The normalized spacial score (nSPS) is 26.5. The second-order valence-electron chi connectivity index (χ2n) is 11.7. The van der Waals surface area contributed by atoms with E-state index in [0.717, 1.165) is 52.8 Å². The number of amides is 1. The summed E-state index contributed by atoms with van der Waals surface area (Å²) in [5.74, 6) is 0.628. The number of nitrogens with zero attached hydrogens (tertiary/aromatic N) is 2. The fraction of sp³-hybridized carbons (Fsp3) is 0.375. The maximum atomic E-state index is 12.0. The largest absolute Gasteiger partial charge is 1.00 e. The lowest BCUT2D eigenvalue weighted by atomic mass is 9.83. The third-order valence-corrected chi connectivity index (χ3v) is 8.54. The Bertz CT molecular complexity index is 1410. The van der Waals surface area contributed by atoms with Gasteiger partial charge in [0.15, 0.2) is 0 Å². The van der Waals surface area contributed by atoms with Crippen molar-refractivity contribution in [2.75, 3.05) is 26.7 Å². The standard InChI is InChI=1S/C32H36ClN3O4.HI/c1-31(2,30(34)37)40-28-10-4-9-27-26(28)21-22(25-8-5-17-35-29(25)39-27)7-6-18-36(3)19-15-32(38,16-20-36)23-11-13-24(33)14-12-23;/h4-5,7-14,17,21,28,38H,6,15-16,18-20H2,1-3H3,(H-,34,37);1H. The van der Waals surface area contributed by atoms with Crippen LogP contribution in [0.3, 0.4) is 0 Å². The van der Waals surface area contributed by atoms with Gasteiger partial charge < -0.3 is 48.8 Å². The Morgan fingerprint density at radius 3 is 2.66 bits per heavy atom. The number of carbonyl (C=O) groups excluding carboxylic acids is 1. The van der Waals surface area contributed by atoms with Gasteiger partial charge in [0.2, 0.25) is 11.8 Å². The second-order valence-corrected chi connectivity index (χ2v) is 12.1. The highest BCUT2D eigenvalue weighted by molar-refractivity contribution is 6.30. The molecule has 3 aliphatic rings. The number of hydrogen-bond acceptors (Lipinski definition) is 5. The van der Waals surface area contributed by atoms with Crippen LogP contribution in [-0.4, -0.2) is 58.9 Å². The van der Waals surface area contributed by atoms with Gasteiger partial charge in [-0.05, 0) is 61.4 Å². The Hall–Kier alpha value is -2.50. The monoisotopic (exact) mass is 689 g/mol. The first-order chi connectivity index (χ1) is 19.0. The van der Waals surface area contributed by atoms with E-state index in [1.807, 2.05) is 54.6 Å². The molecule has 1 aromatic carbocycles. The summed E-state index contributed by atoms with van der Waals surface area (Å²) in [6.45, 7) is 6.02. The third-order valence-electron chi connectivity index (χ3n) is 8.28. The molecule has 1 saturated heterocycles. The summed E-state index contributed by atoms with van der Waals surface area (Å²) in [5, 5.41) is 12.0. The van der Waals surface area contributed by atoms with E-state index in [1.54, 1.807) is 20.0 Å². The van der Waals surface area contributed by atoms with Crippen LogP contribution in [0.5, 0.6) is 5.88 Å². The molecule has 41 heavy (non-hydrogen) atoms. The Labute approximate surface area is 264 Å². The minimum absolute atomic E-state index is 0. The van der Waals surface area contributed by atoms with Gasteiger partial charge in [-0.3, -0.25) is 4.79 Å². The Balaban J connectivity index is 0.00000387. The summed E-state index contributed by atoms with van der Waals surface area (Å²) < 4.78 is 13.3. The van der Waals surface area contributed by atoms with Gasteiger partial charge in [0.1, 0.15) is 23.1 Å².